The fraction of sp³-hybridized carbons (Fsp3) is 0.364. The molecule has 0 saturated carbocycles. The molecule has 154 valence electrons. The molecule has 0 spiro atoms. The number of hydrogen-bond donors (Lipinski definition) is 2. The molecule has 0 aliphatic heterocycles. The average molecular weight is 397 g/mol. The van der Waals surface area contributed by atoms with Gasteiger partial charge in [0.25, 0.3) is 11.6 Å². The molecule has 2 N–H and O–H groups in total. The number of nitro benzene ring substituents is 1. The van der Waals surface area contributed by atoms with Crippen LogP contribution in [0, 0.1) is 10.1 Å². The Balaban J connectivity index is 2.27. The van der Waals surface area contributed by atoms with Gasteiger partial charge in [0, 0.05) is 28.8 Å². The number of phenols is 1. The van der Waals surface area contributed by atoms with Crippen molar-refractivity contribution in [3.05, 3.63) is 68.8 Å². The van der Waals surface area contributed by atoms with Gasteiger partial charge in [-0.2, -0.15) is 5.10 Å². The maximum absolute atomic E-state index is 12.2. The molecule has 0 aliphatic carbocycles. The Bertz CT molecular complexity index is 914. The van der Waals surface area contributed by atoms with E-state index < -0.39 is 10.8 Å². The molecule has 0 atom stereocenters. The second kappa shape index (κ2) is 8.03. The van der Waals surface area contributed by atoms with Crippen molar-refractivity contribution in [3.63, 3.8) is 0 Å². The van der Waals surface area contributed by atoms with E-state index in [4.69, 9.17) is 0 Å². The van der Waals surface area contributed by atoms with E-state index >= 15 is 0 Å². The zero-order chi connectivity index (χ0) is 22.0. The zero-order valence-corrected chi connectivity index (χ0v) is 17.6. The van der Waals surface area contributed by atoms with Gasteiger partial charge in [-0.3, -0.25) is 14.9 Å². The highest BCUT2D eigenvalue weighted by Gasteiger charge is 2.26. The smallest absolute Gasteiger partial charge is 0.271 e. The van der Waals surface area contributed by atoms with Crippen LogP contribution in [0.1, 0.15) is 68.6 Å². The Morgan fingerprint density at radius 2 is 1.52 bits per heavy atom. The number of carbonyl (C=O) groups excluding carboxylic acids is 1. The monoisotopic (exact) mass is 397 g/mol. The largest absolute Gasteiger partial charge is 0.507 e. The van der Waals surface area contributed by atoms with E-state index in [0.29, 0.717) is 0 Å². The molecule has 2 rings (SSSR count). The van der Waals surface area contributed by atoms with Crippen LogP contribution in [-0.4, -0.2) is 22.2 Å². The van der Waals surface area contributed by atoms with E-state index in [-0.39, 0.29) is 27.8 Å². The highest BCUT2D eigenvalue weighted by molar-refractivity contribution is 5.95. The Labute approximate surface area is 170 Å². The molecule has 1 amide bonds. The molecule has 2 aromatic rings. The van der Waals surface area contributed by atoms with Crippen LogP contribution in [0.25, 0.3) is 0 Å². The zero-order valence-electron chi connectivity index (χ0n) is 17.6. The summed E-state index contributed by atoms with van der Waals surface area (Å²) >= 11 is 0. The van der Waals surface area contributed by atoms with Crippen LogP contribution in [0.3, 0.4) is 0 Å². The molecular weight excluding hydrogens is 370 g/mol. The van der Waals surface area contributed by atoms with Crippen LogP contribution < -0.4 is 5.43 Å². The van der Waals surface area contributed by atoms with Crippen molar-refractivity contribution < 1.29 is 14.8 Å². The molecule has 0 radical (unpaired) electrons. The molecule has 0 aliphatic rings. The normalized spacial score (nSPS) is 12.2. The van der Waals surface area contributed by atoms with E-state index in [0.717, 1.165) is 16.7 Å². The van der Waals surface area contributed by atoms with Crippen LogP contribution in [0.15, 0.2) is 41.5 Å². The quantitative estimate of drug-likeness (QED) is 0.445. The Kier molecular flexibility index (Phi) is 6.11. The standard InChI is InChI=1S/C22H27N3O4/c1-21(2,3)17-11-14(12-18(19(17)26)22(4,5)6)13-23-24-20(27)15-7-9-16(10-8-15)25(28)29/h7-13,26H,1-6H3,(H,24,27). The van der Waals surface area contributed by atoms with Crippen molar-refractivity contribution in [1.29, 1.82) is 0 Å². The van der Waals surface area contributed by atoms with Gasteiger partial charge >= 0.3 is 0 Å². The van der Waals surface area contributed by atoms with Crippen LogP contribution in [0.4, 0.5) is 5.69 Å². The molecule has 0 heterocycles. The number of carbonyl (C=O) groups is 1. The second-order valence-electron chi connectivity index (χ2n) is 8.97. The van der Waals surface area contributed by atoms with E-state index in [9.17, 15) is 20.0 Å². The number of hydrazone groups is 1. The number of non-ortho nitro benzene ring substituents is 1. The van der Waals surface area contributed by atoms with Crippen molar-refractivity contribution in [2.24, 2.45) is 5.10 Å². The molecule has 0 saturated heterocycles. The summed E-state index contributed by atoms with van der Waals surface area (Å²) in [6.07, 6.45) is 1.52. The number of nitrogens with one attached hydrogen (secondary N) is 1. The van der Waals surface area contributed by atoms with Gasteiger partial charge in [0.15, 0.2) is 0 Å². The predicted octanol–water partition coefficient (Wildman–Crippen LogP) is 4.66. The third-order valence-electron chi connectivity index (χ3n) is 4.47. The van der Waals surface area contributed by atoms with Gasteiger partial charge in [-0.1, -0.05) is 41.5 Å². The fourth-order valence-corrected chi connectivity index (χ4v) is 2.84. The molecule has 29 heavy (non-hydrogen) atoms. The third-order valence-corrected chi connectivity index (χ3v) is 4.47. The lowest BCUT2D eigenvalue weighted by Crippen LogP contribution is -2.19. The molecule has 7 heteroatoms. The highest BCUT2D eigenvalue weighted by Crippen LogP contribution is 2.39. The summed E-state index contributed by atoms with van der Waals surface area (Å²) in [7, 11) is 0. The van der Waals surface area contributed by atoms with Gasteiger partial charge in [-0.15, -0.1) is 0 Å². The SMILES string of the molecule is CC(C)(C)c1cc(C=NNC(=O)c2ccc([N+](=O)[O-])cc2)cc(C(C)(C)C)c1O. The summed E-state index contributed by atoms with van der Waals surface area (Å²) in [6.45, 7) is 12.1. The van der Waals surface area contributed by atoms with Gasteiger partial charge in [0.1, 0.15) is 5.75 Å². The second-order valence-corrected chi connectivity index (χ2v) is 8.97. The van der Waals surface area contributed by atoms with Crippen LogP contribution >= 0.6 is 0 Å². The van der Waals surface area contributed by atoms with Crippen LogP contribution in [0.2, 0.25) is 0 Å². The first-order valence-electron chi connectivity index (χ1n) is 9.26. The topological polar surface area (TPSA) is 105 Å². The number of rotatable bonds is 4. The van der Waals surface area contributed by atoms with E-state index in [1.165, 1.54) is 30.5 Å². The van der Waals surface area contributed by atoms with Crippen molar-refractivity contribution in [2.45, 2.75) is 52.4 Å². The van der Waals surface area contributed by atoms with Crippen LogP contribution in [0.5, 0.6) is 5.75 Å². The van der Waals surface area contributed by atoms with Gasteiger partial charge < -0.3 is 5.11 Å². The minimum Gasteiger partial charge on any atom is -0.507 e. The summed E-state index contributed by atoms with van der Waals surface area (Å²) in [4.78, 5) is 22.4. The van der Waals surface area contributed by atoms with Crippen molar-refractivity contribution >= 4 is 17.8 Å². The average Bonchev–Trinajstić information content (AvgIpc) is 2.60. The van der Waals surface area contributed by atoms with Crippen molar-refractivity contribution in [1.82, 2.24) is 5.43 Å². The Hall–Kier alpha value is -3.22. The molecule has 2 aromatic carbocycles. The van der Waals surface area contributed by atoms with E-state index in [2.05, 4.69) is 10.5 Å². The lowest BCUT2D eigenvalue weighted by molar-refractivity contribution is -0.384. The Morgan fingerprint density at radius 3 is 1.93 bits per heavy atom. The van der Waals surface area contributed by atoms with Gasteiger partial charge in [0.05, 0.1) is 11.1 Å². The number of nitrogens with zero attached hydrogens (tertiary/aromatic N) is 2. The first-order valence-corrected chi connectivity index (χ1v) is 9.26. The van der Waals surface area contributed by atoms with E-state index in [1.807, 2.05) is 53.7 Å². The molecule has 0 bridgehead atoms. The minimum absolute atomic E-state index is 0.0847. The number of hydrogen-bond acceptors (Lipinski definition) is 5. The summed E-state index contributed by atoms with van der Waals surface area (Å²) in [6, 6.07) is 8.99. The molecule has 0 unspecified atom stereocenters. The first-order chi connectivity index (χ1) is 13.3. The van der Waals surface area contributed by atoms with E-state index in [1.54, 1.807) is 0 Å². The molecular formula is C22H27N3O4. The number of phenolic OH excluding ortho intramolecular Hbond substituents is 1. The van der Waals surface area contributed by atoms with Crippen molar-refractivity contribution in [3.8, 4) is 5.75 Å². The number of benzene rings is 2. The number of nitro groups is 1. The summed E-state index contributed by atoms with van der Waals surface area (Å²) < 4.78 is 0. The predicted molar refractivity (Wildman–Crippen MR) is 114 cm³/mol. The third kappa shape index (κ3) is 5.40. The maximum Gasteiger partial charge on any atom is 0.271 e. The fourth-order valence-electron chi connectivity index (χ4n) is 2.84. The number of aromatic hydroxyl groups is 1. The lowest BCUT2D eigenvalue weighted by atomic mass is 9.78. The Morgan fingerprint density at radius 1 is 1.03 bits per heavy atom. The summed E-state index contributed by atoms with van der Waals surface area (Å²) in [5.41, 5.74) is 4.42. The minimum atomic E-state index is -0.524. The maximum atomic E-state index is 12.2. The first kappa shape index (κ1) is 22.1. The summed E-state index contributed by atoms with van der Waals surface area (Å²) in [5.74, 6) is -0.195. The molecule has 0 fully saturated rings. The molecule has 7 nitrogen and oxygen atoms in total. The van der Waals surface area contributed by atoms with Gasteiger partial charge in [0.2, 0.25) is 0 Å². The van der Waals surface area contributed by atoms with Gasteiger partial charge in [-0.05, 0) is 40.7 Å². The molecule has 0 aromatic heterocycles. The lowest BCUT2D eigenvalue weighted by Gasteiger charge is -2.27. The van der Waals surface area contributed by atoms with Crippen molar-refractivity contribution in [2.75, 3.05) is 0 Å². The number of amides is 1. The highest BCUT2D eigenvalue weighted by atomic mass is 16.6. The van der Waals surface area contributed by atoms with Gasteiger partial charge in [-0.25, -0.2) is 5.43 Å². The van der Waals surface area contributed by atoms with Crippen LogP contribution in [-0.2, 0) is 10.8 Å². The summed E-state index contributed by atoms with van der Waals surface area (Å²) in [5, 5.41) is 25.5.